The minimum absolute atomic E-state index is 0.215. The van der Waals surface area contributed by atoms with Crippen LogP contribution in [0.2, 0.25) is 0 Å². The first kappa shape index (κ1) is 13.5. The van der Waals surface area contributed by atoms with Crippen molar-refractivity contribution in [2.45, 2.75) is 6.92 Å². The number of anilines is 2. The van der Waals surface area contributed by atoms with Crippen LogP contribution >= 0.6 is 27.3 Å². The molecule has 7 heteroatoms. The third kappa shape index (κ3) is 2.92. The number of aromatic nitrogens is 1. The van der Waals surface area contributed by atoms with Crippen LogP contribution in [0.3, 0.4) is 0 Å². The number of carboxylic acids is 1. The van der Waals surface area contributed by atoms with Gasteiger partial charge in [-0.2, -0.15) is 5.26 Å². The highest BCUT2D eigenvalue weighted by Gasteiger charge is 2.14. The van der Waals surface area contributed by atoms with E-state index in [-0.39, 0.29) is 4.88 Å². The van der Waals surface area contributed by atoms with Crippen LogP contribution in [0.4, 0.5) is 10.8 Å². The van der Waals surface area contributed by atoms with E-state index in [1.807, 2.05) is 6.07 Å². The highest BCUT2D eigenvalue weighted by atomic mass is 79.9. The van der Waals surface area contributed by atoms with E-state index in [0.29, 0.717) is 16.4 Å². The van der Waals surface area contributed by atoms with Crippen LogP contribution in [0.25, 0.3) is 0 Å². The summed E-state index contributed by atoms with van der Waals surface area (Å²) in [5.41, 5.74) is 1.74. The largest absolute Gasteiger partial charge is 0.477 e. The number of nitrogens with one attached hydrogen (secondary N) is 1. The highest BCUT2D eigenvalue weighted by molar-refractivity contribution is 9.10. The zero-order valence-electron chi connectivity index (χ0n) is 9.77. The number of hydrogen-bond donors (Lipinski definition) is 2. The fraction of sp³-hybridized carbons (Fsp3) is 0.0833. The molecule has 0 unspecified atom stereocenters. The second-order valence-electron chi connectivity index (χ2n) is 3.67. The Labute approximate surface area is 121 Å². The molecule has 0 fully saturated rings. The lowest BCUT2D eigenvalue weighted by atomic mass is 10.2. The third-order valence-corrected chi connectivity index (χ3v) is 4.05. The highest BCUT2D eigenvalue weighted by Crippen LogP contribution is 2.30. The van der Waals surface area contributed by atoms with E-state index < -0.39 is 5.97 Å². The summed E-state index contributed by atoms with van der Waals surface area (Å²) in [5, 5.41) is 21.3. The van der Waals surface area contributed by atoms with Crippen LogP contribution in [0.1, 0.15) is 20.9 Å². The van der Waals surface area contributed by atoms with Gasteiger partial charge in [0.2, 0.25) is 0 Å². The van der Waals surface area contributed by atoms with Crippen molar-refractivity contribution >= 4 is 44.1 Å². The molecule has 19 heavy (non-hydrogen) atoms. The predicted octanol–water partition coefficient (Wildman–Crippen LogP) is 3.53. The van der Waals surface area contributed by atoms with Crippen LogP contribution in [-0.4, -0.2) is 16.1 Å². The number of halogens is 1. The van der Waals surface area contributed by atoms with Gasteiger partial charge in [-0.25, -0.2) is 9.78 Å². The fourth-order valence-electron chi connectivity index (χ4n) is 1.45. The van der Waals surface area contributed by atoms with Crippen LogP contribution in [0.15, 0.2) is 22.7 Å². The first-order valence-electron chi connectivity index (χ1n) is 5.18. The van der Waals surface area contributed by atoms with Gasteiger partial charge in [0.05, 0.1) is 23.0 Å². The molecule has 0 saturated heterocycles. The number of thiazole rings is 1. The Balaban J connectivity index is 2.29. The summed E-state index contributed by atoms with van der Waals surface area (Å²) in [5.74, 6) is -0.984. The van der Waals surface area contributed by atoms with E-state index in [2.05, 4.69) is 26.2 Å². The van der Waals surface area contributed by atoms with E-state index in [0.717, 1.165) is 21.5 Å². The number of nitriles is 1. The van der Waals surface area contributed by atoms with Crippen molar-refractivity contribution in [1.29, 1.82) is 5.26 Å². The van der Waals surface area contributed by atoms with Gasteiger partial charge in [0.1, 0.15) is 4.88 Å². The lowest BCUT2D eigenvalue weighted by molar-refractivity contribution is 0.0701. The average molecular weight is 338 g/mol. The van der Waals surface area contributed by atoms with Gasteiger partial charge >= 0.3 is 5.97 Å². The molecule has 0 spiro atoms. The molecule has 0 bridgehead atoms. The average Bonchev–Trinajstić information content (AvgIpc) is 2.73. The lowest BCUT2D eigenvalue weighted by Gasteiger charge is -2.05. The molecule has 5 nitrogen and oxygen atoms in total. The molecule has 1 aromatic heterocycles. The van der Waals surface area contributed by atoms with Crippen molar-refractivity contribution in [2.24, 2.45) is 0 Å². The van der Waals surface area contributed by atoms with Gasteiger partial charge in [0, 0.05) is 4.47 Å². The normalized spacial score (nSPS) is 9.95. The molecule has 0 aliphatic heterocycles. The van der Waals surface area contributed by atoms with Crippen molar-refractivity contribution in [3.05, 3.63) is 38.8 Å². The summed E-state index contributed by atoms with van der Waals surface area (Å²) in [6, 6.07) is 7.13. The molecule has 0 aliphatic rings. The Morgan fingerprint density at radius 2 is 2.32 bits per heavy atom. The Hall–Kier alpha value is -1.91. The quantitative estimate of drug-likeness (QED) is 0.894. The molecule has 1 heterocycles. The number of carbonyl (C=O) groups is 1. The minimum Gasteiger partial charge on any atom is -0.477 e. The zero-order chi connectivity index (χ0) is 14.0. The first-order chi connectivity index (χ1) is 9.01. The molecule has 2 aromatic rings. The molecular weight excluding hydrogens is 330 g/mol. The van der Waals surface area contributed by atoms with Crippen LogP contribution in [-0.2, 0) is 0 Å². The minimum atomic E-state index is -0.984. The van der Waals surface area contributed by atoms with Crippen molar-refractivity contribution in [1.82, 2.24) is 4.98 Å². The molecule has 1 aromatic carbocycles. The maximum absolute atomic E-state index is 10.9. The van der Waals surface area contributed by atoms with Crippen LogP contribution in [0, 0.1) is 18.3 Å². The van der Waals surface area contributed by atoms with Gasteiger partial charge in [-0.15, -0.1) is 0 Å². The molecule has 0 saturated carbocycles. The van der Waals surface area contributed by atoms with Gasteiger partial charge in [-0.05, 0) is 41.1 Å². The van der Waals surface area contributed by atoms with Crippen molar-refractivity contribution in [3.8, 4) is 6.07 Å². The molecule has 0 radical (unpaired) electrons. The number of rotatable bonds is 3. The number of aryl methyl sites for hydroxylation is 1. The van der Waals surface area contributed by atoms with Gasteiger partial charge < -0.3 is 10.4 Å². The number of benzene rings is 1. The third-order valence-electron chi connectivity index (χ3n) is 2.33. The van der Waals surface area contributed by atoms with E-state index in [1.54, 1.807) is 25.1 Å². The monoisotopic (exact) mass is 337 g/mol. The van der Waals surface area contributed by atoms with Crippen molar-refractivity contribution in [3.63, 3.8) is 0 Å². The molecule has 0 aliphatic carbocycles. The maximum Gasteiger partial charge on any atom is 0.347 e. The Bertz CT molecular complexity index is 691. The summed E-state index contributed by atoms with van der Waals surface area (Å²) < 4.78 is 0.719. The number of aromatic carboxylic acids is 1. The number of nitrogens with zero attached hydrogens (tertiary/aromatic N) is 2. The Morgan fingerprint density at radius 1 is 1.58 bits per heavy atom. The Morgan fingerprint density at radius 3 is 2.84 bits per heavy atom. The topological polar surface area (TPSA) is 86.0 Å². The van der Waals surface area contributed by atoms with Crippen LogP contribution in [0.5, 0.6) is 0 Å². The fourth-order valence-corrected chi connectivity index (χ4v) is 2.75. The summed E-state index contributed by atoms with van der Waals surface area (Å²) in [6.45, 7) is 1.65. The number of hydrogen-bond acceptors (Lipinski definition) is 5. The molecule has 96 valence electrons. The standard InChI is InChI=1S/C12H8BrN3O2S/c1-6-10(11(17)18)19-12(15-6)16-9-3-2-7(5-14)4-8(9)13/h2-4H,1H3,(H,15,16)(H,17,18). The lowest BCUT2D eigenvalue weighted by Crippen LogP contribution is -1.94. The molecular formula is C12H8BrN3O2S. The zero-order valence-corrected chi connectivity index (χ0v) is 12.2. The van der Waals surface area contributed by atoms with Gasteiger partial charge in [-0.1, -0.05) is 11.3 Å². The summed E-state index contributed by atoms with van der Waals surface area (Å²) in [7, 11) is 0. The number of carboxylic acid groups (broad SMARTS) is 1. The van der Waals surface area contributed by atoms with Crippen LogP contribution < -0.4 is 5.32 Å². The second kappa shape index (κ2) is 5.38. The molecule has 2 N–H and O–H groups in total. The molecule has 0 amide bonds. The van der Waals surface area contributed by atoms with Crippen molar-refractivity contribution in [2.75, 3.05) is 5.32 Å². The van der Waals surface area contributed by atoms with Gasteiger partial charge in [0.15, 0.2) is 5.13 Å². The second-order valence-corrected chi connectivity index (χ2v) is 5.52. The van der Waals surface area contributed by atoms with E-state index >= 15 is 0 Å². The van der Waals surface area contributed by atoms with Gasteiger partial charge in [0.25, 0.3) is 0 Å². The predicted molar refractivity (Wildman–Crippen MR) is 76.0 cm³/mol. The molecule has 0 atom stereocenters. The van der Waals surface area contributed by atoms with E-state index in [9.17, 15) is 4.79 Å². The first-order valence-corrected chi connectivity index (χ1v) is 6.79. The van der Waals surface area contributed by atoms with Crippen molar-refractivity contribution < 1.29 is 9.90 Å². The SMILES string of the molecule is Cc1nc(Nc2ccc(C#N)cc2Br)sc1C(=O)O. The Kier molecular flexibility index (Phi) is 3.83. The van der Waals surface area contributed by atoms with Gasteiger partial charge in [-0.3, -0.25) is 0 Å². The van der Waals surface area contributed by atoms with E-state index in [1.165, 1.54) is 0 Å². The molecule has 2 rings (SSSR count). The maximum atomic E-state index is 10.9. The smallest absolute Gasteiger partial charge is 0.347 e. The summed E-state index contributed by atoms with van der Waals surface area (Å²) in [4.78, 5) is 15.3. The summed E-state index contributed by atoms with van der Waals surface area (Å²) >= 11 is 4.42. The van der Waals surface area contributed by atoms with E-state index in [4.69, 9.17) is 10.4 Å². The summed E-state index contributed by atoms with van der Waals surface area (Å²) in [6.07, 6.45) is 0.